The molecule has 5 heteroatoms. The molecule has 1 aromatic heterocycles. The van der Waals surface area contributed by atoms with Crippen LogP contribution in [0.2, 0.25) is 0 Å². The Morgan fingerprint density at radius 2 is 2.50 bits per heavy atom. The average molecular weight is 194 g/mol. The molecule has 0 unspecified atom stereocenters. The Balaban J connectivity index is 1.82. The first-order valence-corrected chi connectivity index (χ1v) is 4.87. The topological polar surface area (TPSA) is 62.5 Å². The average Bonchev–Trinajstić information content (AvgIpc) is 2.58. The van der Waals surface area contributed by atoms with E-state index in [4.69, 9.17) is 4.52 Å². The Hall–Kier alpha value is -1.52. The molecule has 0 spiro atoms. The van der Waals surface area contributed by atoms with Gasteiger partial charge in [0.25, 0.3) is 0 Å². The molecule has 0 radical (unpaired) electrons. The first-order chi connectivity index (χ1) is 6.95. The molecule has 76 valence electrons. The number of nitrogens with one attached hydrogen (secondary N) is 2. The number of guanidine groups is 1. The van der Waals surface area contributed by atoms with Crippen LogP contribution in [-0.2, 0) is 6.54 Å². The SMILES string of the molecule is c1cc(CNC2=NCCCCN2)on1. The minimum atomic E-state index is 0.631. The molecule has 2 N–H and O–H groups in total. The van der Waals surface area contributed by atoms with Crippen LogP contribution in [0.15, 0.2) is 21.8 Å². The number of rotatable bonds is 2. The fourth-order valence-corrected chi connectivity index (χ4v) is 1.31. The molecule has 2 rings (SSSR count). The van der Waals surface area contributed by atoms with Gasteiger partial charge in [-0.1, -0.05) is 5.16 Å². The number of aliphatic imine (C=N–C) groups is 1. The van der Waals surface area contributed by atoms with E-state index in [-0.39, 0.29) is 0 Å². The third kappa shape index (κ3) is 2.48. The molecule has 0 atom stereocenters. The minimum Gasteiger partial charge on any atom is -0.360 e. The maximum absolute atomic E-state index is 4.96. The van der Waals surface area contributed by atoms with E-state index in [9.17, 15) is 0 Å². The van der Waals surface area contributed by atoms with Gasteiger partial charge >= 0.3 is 0 Å². The van der Waals surface area contributed by atoms with Crippen LogP contribution >= 0.6 is 0 Å². The molecular weight excluding hydrogens is 180 g/mol. The Kier molecular flexibility index (Phi) is 3.00. The van der Waals surface area contributed by atoms with Gasteiger partial charge in [0.05, 0.1) is 12.7 Å². The first kappa shape index (κ1) is 9.05. The molecule has 14 heavy (non-hydrogen) atoms. The van der Waals surface area contributed by atoms with Crippen LogP contribution < -0.4 is 10.6 Å². The van der Waals surface area contributed by atoms with Gasteiger partial charge in [0, 0.05) is 19.2 Å². The fraction of sp³-hybridized carbons (Fsp3) is 0.556. The molecule has 1 aliphatic heterocycles. The Morgan fingerprint density at radius 3 is 3.36 bits per heavy atom. The summed E-state index contributed by atoms with van der Waals surface area (Å²) in [4.78, 5) is 4.35. The molecule has 0 aliphatic carbocycles. The zero-order chi connectivity index (χ0) is 9.64. The van der Waals surface area contributed by atoms with Crippen molar-refractivity contribution in [1.29, 1.82) is 0 Å². The predicted octanol–water partition coefficient (Wildman–Crippen LogP) is 0.504. The van der Waals surface area contributed by atoms with Crippen molar-refractivity contribution in [2.24, 2.45) is 4.99 Å². The summed E-state index contributed by atoms with van der Waals surface area (Å²) in [6.45, 7) is 2.51. The van der Waals surface area contributed by atoms with E-state index in [0.717, 1.165) is 31.2 Å². The molecule has 1 aliphatic rings. The van der Waals surface area contributed by atoms with Crippen molar-refractivity contribution in [2.45, 2.75) is 19.4 Å². The van der Waals surface area contributed by atoms with Crippen LogP contribution in [0.3, 0.4) is 0 Å². The molecule has 0 amide bonds. The summed E-state index contributed by atoms with van der Waals surface area (Å²) in [5, 5.41) is 10.0. The Labute approximate surface area is 82.6 Å². The highest BCUT2D eigenvalue weighted by molar-refractivity contribution is 5.79. The monoisotopic (exact) mass is 194 g/mol. The molecular formula is C9H14N4O. The number of hydrogen-bond acceptors (Lipinski definition) is 5. The lowest BCUT2D eigenvalue weighted by atomic mass is 10.3. The fourth-order valence-electron chi connectivity index (χ4n) is 1.31. The molecule has 0 aromatic carbocycles. The molecule has 0 saturated heterocycles. The van der Waals surface area contributed by atoms with Crippen molar-refractivity contribution in [3.05, 3.63) is 18.0 Å². The van der Waals surface area contributed by atoms with Crippen molar-refractivity contribution in [2.75, 3.05) is 13.1 Å². The summed E-state index contributed by atoms with van der Waals surface area (Å²) in [5.74, 6) is 1.68. The highest BCUT2D eigenvalue weighted by Crippen LogP contribution is 1.96. The highest BCUT2D eigenvalue weighted by Gasteiger charge is 2.03. The number of aromatic nitrogens is 1. The second-order valence-corrected chi connectivity index (χ2v) is 3.20. The van der Waals surface area contributed by atoms with Crippen molar-refractivity contribution in [1.82, 2.24) is 15.8 Å². The number of nitrogens with zero attached hydrogens (tertiary/aromatic N) is 2. The van der Waals surface area contributed by atoms with E-state index in [1.54, 1.807) is 6.20 Å². The second kappa shape index (κ2) is 4.64. The summed E-state index contributed by atoms with van der Waals surface area (Å²) >= 11 is 0. The van der Waals surface area contributed by atoms with Crippen molar-refractivity contribution in [3.63, 3.8) is 0 Å². The third-order valence-electron chi connectivity index (χ3n) is 2.07. The van der Waals surface area contributed by atoms with Gasteiger partial charge in [-0.2, -0.15) is 0 Å². The lowest BCUT2D eigenvalue weighted by Crippen LogP contribution is -2.36. The lowest BCUT2D eigenvalue weighted by molar-refractivity contribution is 0.380. The highest BCUT2D eigenvalue weighted by atomic mass is 16.5. The van der Waals surface area contributed by atoms with Crippen LogP contribution in [-0.4, -0.2) is 24.2 Å². The summed E-state index contributed by atoms with van der Waals surface area (Å²) < 4.78 is 4.96. The molecule has 2 heterocycles. The van der Waals surface area contributed by atoms with Gasteiger partial charge in [0.15, 0.2) is 11.7 Å². The molecule has 0 saturated carbocycles. The summed E-state index contributed by atoms with van der Waals surface area (Å²) in [6.07, 6.45) is 3.97. The molecule has 5 nitrogen and oxygen atoms in total. The van der Waals surface area contributed by atoms with E-state index < -0.39 is 0 Å². The van der Waals surface area contributed by atoms with E-state index in [0.29, 0.717) is 6.54 Å². The first-order valence-electron chi connectivity index (χ1n) is 4.87. The summed E-state index contributed by atoms with van der Waals surface area (Å²) in [7, 11) is 0. The Bertz CT molecular complexity index is 294. The molecule has 0 fully saturated rings. The number of hydrogen-bond donors (Lipinski definition) is 2. The van der Waals surface area contributed by atoms with Gasteiger partial charge in [-0.15, -0.1) is 0 Å². The zero-order valence-electron chi connectivity index (χ0n) is 7.99. The lowest BCUT2D eigenvalue weighted by Gasteiger charge is -2.07. The van der Waals surface area contributed by atoms with E-state index in [2.05, 4.69) is 20.8 Å². The van der Waals surface area contributed by atoms with Gasteiger partial charge in [-0.3, -0.25) is 4.99 Å². The van der Waals surface area contributed by atoms with Crippen molar-refractivity contribution >= 4 is 5.96 Å². The second-order valence-electron chi connectivity index (χ2n) is 3.20. The summed E-state index contributed by atoms with van der Waals surface area (Å²) in [5.41, 5.74) is 0. The molecule has 0 bridgehead atoms. The van der Waals surface area contributed by atoms with Gasteiger partial charge < -0.3 is 15.2 Å². The van der Waals surface area contributed by atoms with Crippen LogP contribution in [0.4, 0.5) is 0 Å². The molecule has 1 aromatic rings. The summed E-state index contributed by atoms with van der Waals surface area (Å²) in [6, 6.07) is 1.84. The standard InChI is InChI=1S/C9H14N4O/c1-2-5-11-9(10-4-1)12-7-8-3-6-13-14-8/h3,6H,1-2,4-5,7H2,(H2,10,11,12). The van der Waals surface area contributed by atoms with Gasteiger partial charge in [-0.05, 0) is 12.8 Å². The predicted molar refractivity (Wildman–Crippen MR) is 52.9 cm³/mol. The maximum Gasteiger partial charge on any atom is 0.191 e. The van der Waals surface area contributed by atoms with Gasteiger partial charge in [0.2, 0.25) is 0 Å². The smallest absolute Gasteiger partial charge is 0.191 e. The van der Waals surface area contributed by atoms with Gasteiger partial charge in [-0.25, -0.2) is 0 Å². The van der Waals surface area contributed by atoms with Crippen LogP contribution in [0, 0.1) is 0 Å². The third-order valence-corrected chi connectivity index (χ3v) is 2.07. The van der Waals surface area contributed by atoms with Crippen LogP contribution in [0.5, 0.6) is 0 Å². The maximum atomic E-state index is 4.96. The van der Waals surface area contributed by atoms with Crippen molar-refractivity contribution in [3.8, 4) is 0 Å². The van der Waals surface area contributed by atoms with Crippen molar-refractivity contribution < 1.29 is 4.52 Å². The van der Waals surface area contributed by atoms with Crippen LogP contribution in [0.25, 0.3) is 0 Å². The Morgan fingerprint density at radius 1 is 1.50 bits per heavy atom. The zero-order valence-corrected chi connectivity index (χ0v) is 7.99. The normalized spacial score (nSPS) is 16.7. The van der Waals surface area contributed by atoms with E-state index in [1.807, 2.05) is 6.07 Å². The van der Waals surface area contributed by atoms with E-state index >= 15 is 0 Å². The largest absolute Gasteiger partial charge is 0.360 e. The quantitative estimate of drug-likeness (QED) is 0.719. The minimum absolute atomic E-state index is 0.631. The van der Waals surface area contributed by atoms with Crippen LogP contribution in [0.1, 0.15) is 18.6 Å². The van der Waals surface area contributed by atoms with Gasteiger partial charge in [0.1, 0.15) is 0 Å². The van der Waals surface area contributed by atoms with E-state index in [1.165, 1.54) is 6.42 Å².